The van der Waals surface area contributed by atoms with Crippen LogP contribution in [-0.2, 0) is 4.79 Å². The standard InChI is InChI=1S/C29H22O2/c1-20(28-25-18-10-8-16-23(25)24-17-9-11-19-26(24)28)27(21-12-4-2-5-13-21)29(30)31-22-14-6-3-7-15-22/h2-19,28H,1H3. The molecule has 4 aromatic rings. The molecule has 0 amide bonds. The molecule has 31 heavy (non-hydrogen) atoms. The van der Waals surface area contributed by atoms with Gasteiger partial charge in [0.05, 0.1) is 5.57 Å². The third-order valence-corrected chi connectivity index (χ3v) is 5.88. The lowest BCUT2D eigenvalue weighted by atomic mass is 9.85. The first-order valence-electron chi connectivity index (χ1n) is 10.5. The average molecular weight is 402 g/mol. The molecule has 1 aliphatic rings. The first-order valence-corrected chi connectivity index (χ1v) is 10.5. The highest BCUT2D eigenvalue weighted by atomic mass is 16.5. The van der Waals surface area contributed by atoms with E-state index in [1.807, 2.05) is 48.5 Å². The topological polar surface area (TPSA) is 26.3 Å². The third kappa shape index (κ3) is 3.47. The van der Waals surface area contributed by atoms with Crippen LogP contribution in [-0.4, -0.2) is 5.97 Å². The maximum absolute atomic E-state index is 13.5. The maximum atomic E-state index is 13.5. The summed E-state index contributed by atoms with van der Waals surface area (Å²) in [5.41, 5.74) is 7.37. The van der Waals surface area contributed by atoms with E-state index in [1.54, 1.807) is 12.1 Å². The first-order chi connectivity index (χ1) is 15.2. The van der Waals surface area contributed by atoms with E-state index in [0.717, 1.165) is 11.1 Å². The van der Waals surface area contributed by atoms with Gasteiger partial charge in [-0.25, -0.2) is 4.79 Å². The van der Waals surface area contributed by atoms with Gasteiger partial charge in [-0.3, -0.25) is 0 Å². The number of hydrogen-bond acceptors (Lipinski definition) is 2. The van der Waals surface area contributed by atoms with E-state index in [1.165, 1.54) is 22.3 Å². The summed E-state index contributed by atoms with van der Waals surface area (Å²) in [6, 6.07) is 36.0. The number of para-hydroxylation sites is 1. The number of ether oxygens (including phenoxy) is 1. The second-order valence-corrected chi connectivity index (χ2v) is 7.73. The number of fused-ring (bicyclic) bond motifs is 3. The summed E-state index contributed by atoms with van der Waals surface area (Å²) in [4.78, 5) is 13.5. The van der Waals surface area contributed by atoms with E-state index >= 15 is 0 Å². The Morgan fingerprint density at radius 1 is 0.645 bits per heavy atom. The smallest absolute Gasteiger partial charge is 0.344 e. The molecule has 0 atom stereocenters. The highest BCUT2D eigenvalue weighted by molar-refractivity contribution is 6.18. The van der Waals surface area contributed by atoms with Crippen molar-refractivity contribution in [2.45, 2.75) is 12.8 Å². The van der Waals surface area contributed by atoms with E-state index in [2.05, 4.69) is 55.5 Å². The summed E-state index contributed by atoms with van der Waals surface area (Å²) >= 11 is 0. The van der Waals surface area contributed by atoms with Crippen molar-refractivity contribution >= 4 is 11.5 Å². The Balaban J connectivity index is 1.68. The van der Waals surface area contributed by atoms with Gasteiger partial charge in [0.2, 0.25) is 0 Å². The van der Waals surface area contributed by atoms with Crippen LogP contribution in [0.15, 0.2) is 115 Å². The molecule has 2 nitrogen and oxygen atoms in total. The van der Waals surface area contributed by atoms with Crippen molar-refractivity contribution in [1.29, 1.82) is 0 Å². The Bertz CT molecular complexity index is 1220. The molecule has 0 saturated carbocycles. The zero-order valence-electron chi connectivity index (χ0n) is 17.3. The molecule has 5 rings (SSSR count). The zero-order valence-corrected chi connectivity index (χ0v) is 17.3. The monoisotopic (exact) mass is 402 g/mol. The molecular formula is C29H22O2. The average Bonchev–Trinajstić information content (AvgIpc) is 3.15. The minimum atomic E-state index is -0.336. The van der Waals surface area contributed by atoms with E-state index in [-0.39, 0.29) is 11.9 Å². The largest absolute Gasteiger partial charge is 0.423 e. The Hall–Kier alpha value is -3.91. The first kappa shape index (κ1) is 19.1. The molecule has 150 valence electrons. The van der Waals surface area contributed by atoms with Crippen molar-refractivity contribution in [2.24, 2.45) is 0 Å². The maximum Gasteiger partial charge on any atom is 0.344 e. The van der Waals surface area contributed by atoms with Crippen LogP contribution in [0.1, 0.15) is 29.5 Å². The molecule has 0 N–H and O–H groups in total. The van der Waals surface area contributed by atoms with Gasteiger partial charge in [-0.1, -0.05) is 97.1 Å². The van der Waals surface area contributed by atoms with Gasteiger partial charge in [0.1, 0.15) is 5.75 Å². The Morgan fingerprint density at radius 3 is 1.71 bits per heavy atom. The molecular weight excluding hydrogens is 380 g/mol. The lowest BCUT2D eigenvalue weighted by molar-refractivity contribution is -0.128. The van der Waals surface area contributed by atoms with Gasteiger partial charge in [0.25, 0.3) is 0 Å². The number of carbonyl (C=O) groups excluding carboxylic acids is 1. The predicted octanol–water partition coefficient (Wildman–Crippen LogP) is 6.88. The van der Waals surface area contributed by atoms with Crippen LogP contribution in [0.5, 0.6) is 5.75 Å². The van der Waals surface area contributed by atoms with Crippen LogP contribution in [0.25, 0.3) is 16.7 Å². The lowest BCUT2D eigenvalue weighted by Crippen LogP contribution is -2.14. The SMILES string of the molecule is CC(=C(C(=O)Oc1ccccc1)c1ccccc1)C1c2ccccc2-c2ccccc21. The van der Waals surface area contributed by atoms with E-state index in [0.29, 0.717) is 11.3 Å². The molecule has 0 aliphatic heterocycles. The van der Waals surface area contributed by atoms with E-state index in [4.69, 9.17) is 4.74 Å². The van der Waals surface area contributed by atoms with Crippen molar-refractivity contribution < 1.29 is 9.53 Å². The fourth-order valence-corrected chi connectivity index (χ4v) is 4.52. The molecule has 4 aromatic carbocycles. The molecule has 0 unspecified atom stereocenters. The number of carbonyl (C=O) groups is 1. The van der Waals surface area contributed by atoms with Crippen LogP contribution in [0.2, 0.25) is 0 Å². The predicted molar refractivity (Wildman–Crippen MR) is 125 cm³/mol. The summed E-state index contributed by atoms with van der Waals surface area (Å²) in [5, 5.41) is 0. The highest BCUT2D eigenvalue weighted by Gasteiger charge is 2.32. The Labute approximate surface area is 182 Å². The number of esters is 1. The minimum Gasteiger partial charge on any atom is -0.423 e. The Morgan fingerprint density at radius 2 is 1.13 bits per heavy atom. The van der Waals surface area contributed by atoms with Crippen LogP contribution in [0.4, 0.5) is 0 Å². The van der Waals surface area contributed by atoms with Gasteiger partial charge in [0, 0.05) is 5.92 Å². The second kappa shape index (κ2) is 8.08. The fraction of sp³-hybridized carbons (Fsp3) is 0.0690. The van der Waals surface area contributed by atoms with Gasteiger partial charge in [0.15, 0.2) is 0 Å². The summed E-state index contributed by atoms with van der Waals surface area (Å²) in [6.07, 6.45) is 0. The normalized spacial score (nSPS) is 13.2. The van der Waals surface area contributed by atoms with Crippen LogP contribution < -0.4 is 4.74 Å². The van der Waals surface area contributed by atoms with Gasteiger partial charge >= 0.3 is 5.97 Å². The lowest BCUT2D eigenvalue weighted by Gasteiger charge is -2.19. The fourth-order valence-electron chi connectivity index (χ4n) is 4.52. The summed E-state index contributed by atoms with van der Waals surface area (Å²) < 4.78 is 5.79. The molecule has 0 bridgehead atoms. The molecule has 0 saturated heterocycles. The van der Waals surface area contributed by atoms with Crippen LogP contribution in [0, 0.1) is 0 Å². The zero-order chi connectivity index (χ0) is 21.2. The van der Waals surface area contributed by atoms with Crippen molar-refractivity contribution in [3.05, 3.63) is 131 Å². The van der Waals surface area contributed by atoms with Crippen molar-refractivity contribution in [3.8, 4) is 16.9 Å². The molecule has 0 fully saturated rings. The summed E-state index contributed by atoms with van der Waals surface area (Å²) in [6.45, 7) is 2.05. The molecule has 0 spiro atoms. The highest BCUT2D eigenvalue weighted by Crippen LogP contribution is 2.49. The quantitative estimate of drug-likeness (QED) is 0.211. The van der Waals surface area contributed by atoms with Crippen LogP contribution >= 0.6 is 0 Å². The van der Waals surface area contributed by atoms with Crippen molar-refractivity contribution in [2.75, 3.05) is 0 Å². The molecule has 0 aromatic heterocycles. The molecule has 2 heteroatoms. The van der Waals surface area contributed by atoms with E-state index < -0.39 is 0 Å². The van der Waals surface area contributed by atoms with Crippen molar-refractivity contribution in [3.63, 3.8) is 0 Å². The van der Waals surface area contributed by atoms with Gasteiger partial charge in [-0.2, -0.15) is 0 Å². The molecule has 0 radical (unpaired) electrons. The minimum absolute atomic E-state index is 0.00549. The molecule has 1 aliphatic carbocycles. The molecule has 0 heterocycles. The third-order valence-electron chi connectivity index (χ3n) is 5.88. The number of benzene rings is 4. The van der Waals surface area contributed by atoms with Gasteiger partial charge < -0.3 is 4.74 Å². The second-order valence-electron chi connectivity index (χ2n) is 7.73. The summed E-state index contributed by atoms with van der Waals surface area (Å²) in [7, 11) is 0. The van der Waals surface area contributed by atoms with Crippen molar-refractivity contribution in [1.82, 2.24) is 0 Å². The number of hydrogen-bond donors (Lipinski definition) is 0. The number of rotatable bonds is 4. The van der Waals surface area contributed by atoms with Gasteiger partial charge in [-0.05, 0) is 52.4 Å². The number of allylic oxidation sites excluding steroid dienone is 1. The van der Waals surface area contributed by atoms with Gasteiger partial charge in [-0.15, -0.1) is 0 Å². The summed E-state index contributed by atoms with van der Waals surface area (Å²) in [5.74, 6) is 0.212. The van der Waals surface area contributed by atoms with Crippen LogP contribution in [0.3, 0.4) is 0 Å². The Kier molecular flexibility index (Phi) is 4.97. The van der Waals surface area contributed by atoms with E-state index in [9.17, 15) is 4.79 Å².